The third-order valence-electron chi connectivity index (χ3n) is 4.08. The molecule has 0 saturated heterocycles. The predicted molar refractivity (Wildman–Crippen MR) is 83.2 cm³/mol. The van der Waals surface area contributed by atoms with E-state index in [0.29, 0.717) is 5.92 Å². The number of benzene rings is 2. The highest BCUT2D eigenvalue weighted by molar-refractivity contribution is 9.10. The minimum Gasteiger partial charge on any atom is -0.325 e. The molecule has 0 aromatic heterocycles. The van der Waals surface area contributed by atoms with Crippen LogP contribution in [0.4, 0.5) is 0 Å². The lowest BCUT2D eigenvalue weighted by Crippen LogP contribution is -2.32. The summed E-state index contributed by atoms with van der Waals surface area (Å²) in [6.07, 6.45) is 3.31. The summed E-state index contributed by atoms with van der Waals surface area (Å²) < 4.78 is 1.13. The van der Waals surface area contributed by atoms with Gasteiger partial charge in [-0.15, -0.1) is 0 Å². The summed E-state index contributed by atoms with van der Waals surface area (Å²) in [6, 6.07) is 19.3. The lowest BCUT2D eigenvalue weighted by atomic mass is 9.84. The van der Waals surface area contributed by atoms with Gasteiger partial charge in [-0.2, -0.15) is 0 Å². The Bertz CT molecular complexity index is 543. The first-order valence-corrected chi connectivity index (χ1v) is 7.55. The fourth-order valence-corrected chi connectivity index (χ4v) is 2.95. The predicted octanol–water partition coefficient (Wildman–Crippen LogP) is 4.27. The van der Waals surface area contributed by atoms with Gasteiger partial charge in [0.05, 0.1) is 0 Å². The third-order valence-corrected chi connectivity index (χ3v) is 4.61. The fraction of sp³-hybridized carbons (Fsp3) is 0.294. The van der Waals surface area contributed by atoms with Gasteiger partial charge in [0, 0.05) is 15.9 Å². The minimum atomic E-state index is 0.00836. The summed E-state index contributed by atoms with van der Waals surface area (Å²) in [5, 5.41) is 0. The van der Waals surface area contributed by atoms with Gasteiger partial charge < -0.3 is 5.73 Å². The second-order valence-corrected chi connectivity index (χ2v) is 6.44. The maximum absolute atomic E-state index is 6.49. The van der Waals surface area contributed by atoms with Crippen LogP contribution >= 0.6 is 15.9 Å². The second kappa shape index (κ2) is 5.10. The molecule has 0 radical (unpaired) electrons. The molecule has 1 aliphatic rings. The van der Waals surface area contributed by atoms with Crippen molar-refractivity contribution >= 4 is 15.9 Å². The van der Waals surface area contributed by atoms with Crippen molar-refractivity contribution in [2.24, 2.45) is 5.73 Å². The van der Waals surface area contributed by atoms with E-state index in [9.17, 15) is 0 Å². The lowest BCUT2D eigenvalue weighted by Gasteiger charge is -2.24. The van der Waals surface area contributed by atoms with E-state index in [2.05, 4.69) is 70.5 Å². The maximum atomic E-state index is 6.49. The molecule has 1 atom stereocenters. The Morgan fingerprint density at radius 3 is 2.21 bits per heavy atom. The highest BCUT2D eigenvalue weighted by atomic mass is 79.9. The Morgan fingerprint density at radius 1 is 1.00 bits per heavy atom. The van der Waals surface area contributed by atoms with Gasteiger partial charge in [-0.1, -0.05) is 58.4 Å². The zero-order chi connectivity index (χ0) is 13.3. The molecular formula is C17H18BrN. The van der Waals surface area contributed by atoms with E-state index in [1.54, 1.807) is 0 Å². The SMILES string of the molecule is NC1(C(Cc2ccc(Br)cc2)c2ccccc2)CC1. The molecule has 2 aromatic rings. The highest BCUT2D eigenvalue weighted by Gasteiger charge is 2.45. The molecule has 1 aliphatic carbocycles. The first-order chi connectivity index (χ1) is 9.17. The Kier molecular flexibility index (Phi) is 3.46. The van der Waals surface area contributed by atoms with Gasteiger partial charge in [0.15, 0.2) is 0 Å². The van der Waals surface area contributed by atoms with Crippen LogP contribution in [0.5, 0.6) is 0 Å². The summed E-state index contributed by atoms with van der Waals surface area (Å²) in [7, 11) is 0. The normalized spacial score (nSPS) is 18.0. The van der Waals surface area contributed by atoms with Gasteiger partial charge >= 0.3 is 0 Å². The molecule has 2 N–H and O–H groups in total. The van der Waals surface area contributed by atoms with Crippen LogP contribution < -0.4 is 5.73 Å². The summed E-state index contributed by atoms with van der Waals surface area (Å²) in [5.41, 5.74) is 9.22. The molecule has 2 heteroatoms. The van der Waals surface area contributed by atoms with E-state index in [0.717, 1.165) is 23.7 Å². The third kappa shape index (κ3) is 2.90. The molecule has 0 bridgehead atoms. The van der Waals surface area contributed by atoms with Crippen molar-refractivity contribution < 1.29 is 0 Å². The molecule has 0 heterocycles. The quantitative estimate of drug-likeness (QED) is 0.896. The summed E-state index contributed by atoms with van der Waals surface area (Å²) in [5.74, 6) is 0.426. The molecule has 1 saturated carbocycles. The van der Waals surface area contributed by atoms with Crippen molar-refractivity contribution in [1.82, 2.24) is 0 Å². The number of rotatable bonds is 4. The number of halogens is 1. The maximum Gasteiger partial charge on any atom is 0.0228 e. The Balaban J connectivity index is 1.87. The summed E-state index contributed by atoms with van der Waals surface area (Å²) in [6.45, 7) is 0. The van der Waals surface area contributed by atoms with E-state index in [1.807, 2.05) is 0 Å². The fourth-order valence-electron chi connectivity index (χ4n) is 2.69. The van der Waals surface area contributed by atoms with Crippen molar-refractivity contribution in [3.05, 3.63) is 70.2 Å². The van der Waals surface area contributed by atoms with Crippen molar-refractivity contribution in [3.8, 4) is 0 Å². The first kappa shape index (κ1) is 12.9. The van der Waals surface area contributed by atoms with Crippen LogP contribution in [-0.2, 0) is 6.42 Å². The largest absolute Gasteiger partial charge is 0.325 e. The highest BCUT2D eigenvalue weighted by Crippen LogP contribution is 2.46. The van der Waals surface area contributed by atoms with Crippen LogP contribution in [0.25, 0.3) is 0 Å². The zero-order valence-electron chi connectivity index (χ0n) is 10.9. The van der Waals surface area contributed by atoms with Crippen LogP contribution in [0.3, 0.4) is 0 Å². The van der Waals surface area contributed by atoms with Crippen molar-refractivity contribution in [3.63, 3.8) is 0 Å². The Morgan fingerprint density at radius 2 is 1.63 bits per heavy atom. The molecule has 2 aromatic carbocycles. The zero-order valence-corrected chi connectivity index (χ0v) is 12.4. The van der Waals surface area contributed by atoms with Crippen LogP contribution in [-0.4, -0.2) is 5.54 Å². The van der Waals surface area contributed by atoms with Gasteiger partial charge in [-0.3, -0.25) is 0 Å². The van der Waals surface area contributed by atoms with Crippen LogP contribution in [0.2, 0.25) is 0 Å². The molecular weight excluding hydrogens is 298 g/mol. The molecule has 98 valence electrons. The Hall–Kier alpha value is -1.12. The molecule has 1 fully saturated rings. The molecule has 0 aliphatic heterocycles. The monoisotopic (exact) mass is 315 g/mol. The van der Waals surface area contributed by atoms with E-state index in [4.69, 9.17) is 5.73 Å². The average Bonchev–Trinajstić information content (AvgIpc) is 3.18. The van der Waals surface area contributed by atoms with Gasteiger partial charge in [0.25, 0.3) is 0 Å². The number of hydrogen-bond donors (Lipinski definition) is 1. The average molecular weight is 316 g/mol. The molecule has 1 unspecified atom stereocenters. The van der Waals surface area contributed by atoms with Crippen LogP contribution in [0.15, 0.2) is 59.1 Å². The van der Waals surface area contributed by atoms with Gasteiger partial charge in [0.1, 0.15) is 0 Å². The van der Waals surface area contributed by atoms with Gasteiger partial charge in [-0.05, 0) is 42.5 Å². The van der Waals surface area contributed by atoms with E-state index >= 15 is 0 Å². The molecule has 3 rings (SSSR count). The number of nitrogens with two attached hydrogens (primary N) is 1. The van der Waals surface area contributed by atoms with Crippen molar-refractivity contribution in [2.75, 3.05) is 0 Å². The van der Waals surface area contributed by atoms with E-state index < -0.39 is 0 Å². The van der Waals surface area contributed by atoms with Crippen LogP contribution in [0, 0.1) is 0 Å². The first-order valence-electron chi connectivity index (χ1n) is 6.76. The number of hydrogen-bond acceptors (Lipinski definition) is 1. The van der Waals surface area contributed by atoms with Crippen molar-refractivity contribution in [2.45, 2.75) is 30.7 Å². The minimum absolute atomic E-state index is 0.00836. The summed E-state index contributed by atoms with van der Waals surface area (Å²) in [4.78, 5) is 0. The smallest absolute Gasteiger partial charge is 0.0228 e. The second-order valence-electron chi connectivity index (χ2n) is 5.53. The van der Waals surface area contributed by atoms with Crippen LogP contribution in [0.1, 0.15) is 29.9 Å². The molecule has 0 amide bonds. The Labute approximate surface area is 123 Å². The molecule has 0 spiro atoms. The molecule has 1 nitrogen and oxygen atoms in total. The van der Waals surface area contributed by atoms with E-state index in [-0.39, 0.29) is 5.54 Å². The van der Waals surface area contributed by atoms with E-state index in [1.165, 1.54) is 11.1 Å². The summed E-state index contributed by atoms with van der Waals surface area (Å²) >= 11 is 3.48. The van der Waals surface area contributed by atoms with Crippen molar-refractivity contribution in [1.29, 1.82) is 0 Å². The topological polar surface area (TPSA) is 26.0 Å². The lowest BCUT2D eigenvalue weighted by molar-refractivity contribution is 0.516. The molecule has 19 heavy (non-hydrogen) atoms. The van der Waals surface area contributed by atoms with Gasteiger partial charge in [-0.25, -0.2) is 0 Å². The standard InChI is InChI=1S/C17H18BrN/c18-15-8-6-13(7-9-15)12-16(17(19)10-11-17)14-4-2-1-3-5-14/h1-9,16H,10-12,19H2. The van der Waals surface area contributed by atoms with Gasteiger partial charge in [0.2, 0.25) is 0 Å².